The number of nitrogens with zero attached hydrogens (tertiary/aromatic N) is 3. The summed E-state index contributed by atoms with van der Waals surface area (Å²) < 4.78 is 1.72. The zero-order valence-corrected chi connectivity index (χ0v) is 14.8. The van der Waals surface area contributed by atoms with Gasteiger partial charge in [-0.05, 0) is 56.2 Å². The summed E-state index contributed by atoms with van der Waals surface area (Å²) >= 11 is 0. The fourth-order valence-electron chi connectivity index (χ4n) is 3.78. The van der Waals surface area contributed by atoms with E-state index in [2.05, 4.69) is 10.4 Å². The average molecular weight is 340 g/mol. The highest BCUT2D eigenvalue weighted by Gasteiger charge is 2.45. The van der Waals surface area contributed by atoms with Crippen LogP contribution in [0.25, 0.3) is 10.9 Å². The molecule has 132 valence electrons. The second-order valence-electron chi connectivity index (χ2n) is 7.60. The van der Waals surface area contributed by atoms with Gasteiger partial charge in [0, 0.05) is 37.3 Å². The second kappa shape index (κ2) is 5.86. The quantitative estimate of drug-likeness (QED) is 0.930. The first-order valence-electron chi connectivity index (χ1n) is 8.99. The van der Waals surface area contributed by atoms with Crippen molar-refractivity contribution in [1.29, 1.82) is 0 Å². The lowest BCUT2D eigenvalue weighted by Gasteiger charge is -2.33. The minimum absolute atomic E-state index is 0.0197. The van der Waals surface area contributed by atoms with Crippen molar-refractivity contribution >= 4 is 22.7 Å². The third-order valence-electron chi connectivity index (χ3n) is 5.69. The number of carbonyl (C=O) groups excluding carboxylic acids is 2. The van der Waals surface area contributed by atoms with E-state index < -0.39 is 6.04 Å². The van der Waals surface area contributed by atoms with E-state index in [1.165, 1.54) is 12.8 Å². The smallest absolute Gasteiger partial charge is 0.251 e. The molecule has 2 fully saturated rings. The Bertz CT molecular complexity index is 827. The van der Waals surface area contributed by atoms with Crippen LogP contribution < -0.4 is 5.32 Å². The van der Waals surface area contributed by atoms with Gasteiger partial charge in [0.25, 0.3) is 5.91 Å². The molecule has 1 saturated carbocycles. The Balaban J connectivity index is 1.39. The van der Waals surface area contributed by atoms with E-state index in [-0.39, 0.29) is 11.8 Å². The number of fused-ring (bicyclic) bond motifs is 1. The van der Waals surface area contributed by atoms with E-state index in [0.717, 1.165) is 36.8 Å². The van der Waals surface area contributed by atoms with Gasteiger partial charge in [-0.2, -0.15) is 5.10 Å². The van der Waals surface area contributed by atoms with Crippen molar-refractivity contribution in [2.24, 2.45) is 12.5 Å². The molecule has 1 aromatic carbocycles. The number of hydrogen-bond donors (Lipinski definition) is 1. The minimum Gasteiger partial charge on any atom is -0.341 e. The number of piperidine rings is 1. The summed E-state index contributed by atoms with van der Waals surface area (Å²) in [5.74, 6) is -0.200. The number of benzene rings is 1. The third-order valence-corrected chi connectivity index (χ3v) is 5.69. The summed E-state index contributed by atoms with van der Waals surface area (Å²) in [6.45, 7) is 3.41. The SMILES string of the molecule is C[C@@H](NC(=O)c1ccc2nn(C)cc2c1)C(=O)N1CCC2(CC1)CC2. The largest absolute Gasteiger partial charge is 0.341 e. The molecule has 0 radical (unpaired) electrons. The Labute approximate surface area is 147 Å². The van der Waals surface area contributed by atoms with Gasteiger partial charge in [-0.3, -0.25) is 14.3 Å². The van der Waals surface area contributed by atoms with Crippen molar-refractivity contribution in [2.75, 3.05) is 13.1 Å². The van der Waals surface area contributed by atoms with Crippen LogP contribution in [0, 0.1) is 5.41 Å². The van der Waals surface area contributed by atoms with Crippen LogP contribution in [-0.2, 0) is 11.8 Å². The molecular formula is C19H24N4O2. The van der Waals surface area contributed by atoms with Gasteiger partial charge in [0.1, 0.15) is 6.04 Å². The first kappa shape index (κ1) is 16.1. The minimum atomic E-state index is -0.509. The molecule has 2 heterocycles. The molecule has 2 aliphatic rings. The monoisotopic (exact) mass is 340 g/mol. The van der Waals surface area contributed by atoms with E-state index in [9.17, 15) is 9.59 Å². The Morgan fingerprint density at radius 3 is 2.60 bits per heavy atom. The first-order chi connectivity index (χ1) is 12.0. The molecule has 1 aromatic heterocycles. The van der Waals surface area contributed by atoms with Crippen LogP contribution in [-0.4, -0.2) is 45.6 Å². The summed E-state index contributed by atoms with van der Waals surface area (Å²) in [7, 11) is 1.85. The van der Waals surface area contributed by atoms with Gasteiger partial charge in [0.05, 0.1) is 5.52 Å². The molecule has 1 aliphatic carbocycles. The average Bonchev–Trinajstić information content (AvgIpc) is 3.24. The summed E-state index contributed by atoms with van der Waals surface area (Å²) in [6.07, 6.45) is 6.73. The van der Waals surface area contributed by atoms with Gasteiger partial charge in [0.15, 0.2) is 0 Å². The zero-order chi connectivity index (χ0) is 17.6. The fourth-order valence-corrected chi connectivity index (χ4v) is 3.78. The molecule has 25 heavy (non-hydrogen) atoms. The zero-order valence-electron chi connectivity index (χ0n) is 14.8. The van der Waals surface area contributed by atoms with Gasteiger partial charge in [-0.15, -0.1) is 0 Å². The Morgan fingerprint density at radius 1 is 1.20 bits per heavy atom. The number of aromatic nitrogens is 2. The van der Waals surface area contributed by atoms with Gasteiger partial charge in [0.2, 0.25) is 5.91 Å². The van der Waals surface area contributed by atoms with E-state index in [4.69, 9.17) is 0 Å². The van der Waals surface area contributed by atoms with Gasteiger partial charge < -0.3 is 10.2 Å². The summed E-state index contributed by atoms with van der Waals surface area (Å²) in [5.41, 5.74) is 1.95. The summed E-state index contributed by atoms with van der Waals surface area (Å²) in [5, 5.41) is 8.07. The van der Waals surface area contributed by atoms with Gasteiger partial charge in [-0.25, -0.2) is 0 Å². The molecule has 6 heteroatoms. The lowest BCUT2D eigenvalue weighted by Crippen LogP contribution is -2.49. The van der Waals surface area contributed by atoms with Crippen LogP contribution in [0.5, 0.6) is 0 Å². The number of amides is 2. The van der Waals surface area contributed by atoms with Crippen molar-refractivity contribution in [3.63, 3.8) is 0 Å². The van der Waals surface area contributed by atoms with Crippen LogP contribution >= 0.6 is 0 Å². The molecule has 1 N–H and O–H groups in total. The Morgan fingerprint density at radius 2 is 1.92 bits per heavy atom. The van der Waals surface area contributed by atoms with Gasteiger partial charge >= 0.3 is 0 Å². The molecule has 0 bridgehead atoms. The first-order valence-corrected chi connectivity index (χ1v) is 8.99. The van der Waals surface area contributed by atoms with Crippen molar-refractivity contribution in [3.05, 3.63) is 30.0 Å². The standard InChI is InChI=1S/C19H24N4O2/c1-13(18(25)23-9-7-19(5-6-19)8-10-23)20-17(24)14-3-4-16-15(11-14)12-22(2)21-16/h3-4,11-13H,5-10H2,1-2H3,(H,20,24)/t13-/m1/s1. The molecular weight excluding hydrogens is 316 g/mol. The van der Waals surface area contributed by atoms with Crippen LogP contribution in [0.4, 0.5) is 0 Å². The van der Waals surface area contributed by atoms with E-state index in [0.29, 0.717) is 11.0 Å². The summed E-state index contributed by atoms with van der Waals surface area (Å²) in [6, 6.07) is 4.88. The van der Waals surface area contributed by atoms with Crippen molar-refractivity contribution in [1.82, 2.24) is 20.0 Å². The predicted octanol–water partition coefficient (Wildman–Crippen LogP) is 2.09. The Kier molecular flexibility index (Phi) is 3.78. The van der Waals surface area contributed by atoms with Gasteiger partial charge in [-0.1, -0.05) is 0 Å². The number of hydrogen-bond acceptors (Lipinski definition) is 3. The van der Waals surface area contributed by atoms with Crippen molar-refractivity contribution in [3.8, 4) is 0 Å². The highest BCUT2D eigenvalue weighted by Crippen LogP contribution is 2.53. The molecule has 4 rings (SSSR count). The lowest BCUT2D eigenvalue weighted by molar-refractivity contribution is -0.134. The highest BCUT2D eigenvalue weighted by atomic mass is 16.2. The molecule has 6 nitrogen and oxygen atoms in total. The maximum absolute atomic E-state index is 12.6. The second-order valence-corrected chi connectivity index (χ2v) is 7.60. The van der Waals surface area contributed by atoms with Crippen LogP contribution in [0.1, 0.15) is 43.0 Å². The van der Waals surface area contributed by atoms with E-state index >= 15 is 0 Å². The molecule has 1 spiro atoms. The number of likely N-dealkylation sites (tertiary alicyclic amines) is 1. The number of carbonyl (C=O) groups is 2. The van der Waals surface area contributed by atoms with E-state index in [1.807, 2.05) is 30.3 Å². The summed E-state index contributed by atoms with van der Waals surface area (Å²) in [4.78, 5) is 27.0. The van der Waals surface area contributed by atoms with Crippen LogP contribution in [0.15, 0.2) is 24.4 Å². The fraction of sp³-hybridized carbons (Fsp3) is 0.526. The Hall–Kier alpha value is -2.37. The van der Waals surface area contributed by atoms with Crippen LogP contribution in [0.3, 0.4) is 0 Å². The molecule has 1 aliphatic heterocycles. The maximum atomic E-state index is 12.6. The van der Waals surface area contributed by atoms with E-state index in [1.54, 1.807) is 17.7 Å². The predicted molar refractivity (Wildman–Crippen MR) is 95.1 cm³/mol. The topological polar surface area (TPSA) is 67.2 Å². The molecule has 1 atom stereocenters. The maximum Gasteiger partial charge on any atom is 0.251 e. The molecule has 1 saturated heterocycles. The van der Waals surface area contributed by atoms with Crippen molar-refractivity contribution < 1.29 is 9.59 Å². The molecule has 0 unspecified atom stereocenters. The van der Waals surface area contributed by atoms with Crippen molar-refractivity contribution in [2.45, 2.75) is 38.6 Å². The molecule has 2 amide bonds. The van der Waals surface area contributed by atoms with Crippen LogP contribution in [0.2, 0.25) is 0 Å². The normalized spacial score (nSPS) is 19.8. The third kappa shape index (κ3) is 3.13. The number of rotatable bonds is 3. The lowest BCUT2D eigenvalue weighted by atomic mass is 9.93. The highest BCUT2D eigenvalue weighted by molar-refractivity contribution is 6.00. The molecule has 2 aromatic rings. The number of aryl methyl sites for hydroxylation is 1. The number of nitrogens with one attached hydrogen (secondary N) is 1.